The lowest BCUT2D eigenvalue weighted by molar-refractivity contribution is -0.126. The Morgan fingerprint density at radius 1 is 1.21 bits per heavy atom. The first-order chi connectivity index (χ1) is 16.1. The van der Waals surface area contributed by atoms with Crippen molar-refractivity contribution in [1.82, 2.24) is 15.0 Å². The molecule has 3 heterocycles. The molecule has 0 bridgehead atoms. The van der Waals surface area contributed by atoms with Crippen molar-refractivity contribution in [2.75, 3.05) is 36.5 Å². The Kier molecular flexibility index (Phi) is 3.94. The molecule has 7 rings (SSSR count). The minimum atomic E-state index is -0.218. The molecule has 4 aliphatic rings. The SMILES string of the molecule is NC(=O)C1[C@H]2C3C=C[C@@H]1[C@@]32Nc1c(Cl)cnc2nc(-c3ccc(N4CCOCC4)cc3)[nH]c12. The number of amides is 1. The van der Waals surface area contributed by atoms with Crippen LogP contribution in [0.5, 0.6) is 0 Å². The van der Waals surface area contributed by atoms with Gasteiger partial charge in [-0.05, 0) is 24.3 Å². The van der Waals surface area contributed by atoms with Gasteiger partial charge < -0.3 is 25.7 Å². The molecule has 1 aromatic carbocycles. The number of aromatic nitrogens is 3. The quantitative estimate of drug-likeness (QED) is 0.503. The van der Waals surface area contributed by atoms with E-state index in [1.807, 2.05) is 0 Å². The molecular formula is C24H23ClN6O2. The number of carbonyl (C=O) groups excluding carboxylic acids is 1. The predicted octanol–water partition coefficient (Wildman–Crippen LogP) is 2.81. The van der Waals surface area contributed by atoms with Crippen molar-refractivity contribution in [3.8, 4) is 11.4 Å². The molecule has 3 fully saturated rings. The van der Waals surface area contributed by atoms with E-state index in [1.165, 1.54) is 5.69 Å². The first kappa shape index (κ1) is 19.4. The second kappa shape index (κ2) is 6.71. The molecule has 2 unspecified atom stereocenters. The summed E-state index contributed by atoms with van der Waals surface area (Å²) in [5.41, 5.74) is 9.80. The first-order valence-corrected chi connectivity index (χ1v) is 11.7. The lowest BCUT2D eigenvalue weighted by Crippen LogP contribution is -2.52. The van der Waals surface area contributed by atoms with Gasteiger partial charge in [0.15, 0.2) is 5.65 Å². The van der Waals surface area contributed by atoms with Gasteiger partial charge >= 0.3 is 0 Å². The number of ether oxygens (including phenoxy) is 1. The first-order valence-electron chi connectivity index (χ1n) is 11.3. The average Bonchev–Trinajstić information content (AvgIpc) is 3.11. The normalized spacial score (nSPS) is 31.4. The molecule has 2 aromatic heterocycles. The number of anilines is 2. The summed E-state index contributed by atoms with van der Waals surface area (Å²) in [4.78, 5) is 26.8. The number of imidazole rings is 1. The zero-order valence-electron chi connectivity index (χ0n) is 17.8. The number of carbonyl (C=O) groups is 1. The van der Waals surface area contributed by atoms with Gasteiger partial charge in [-0.2, -0.15) is 0 Å². The molecule has 1 amide bonds. The van der Waals surface area contributed by atoms with Crippen molar-refractivity contribution >= 4 is 40.0 Å². The van der Waals surface area contributed by atoms with Gasteiger partial charge in [-0.3, -0.25) is 4.79 Å². The third-order valence-electron chi connectivity index (χ3n) is 7.89. The predicted molar refractivity (Wildman–Crippen MR) is 126 cm³/mol. The maximum absolute atomic E-state index is 11.9. The summed E-state index contributed by atoms with van der Waals surface area (Å²) in [5, 5.41) is 4.20. The van der Waals surface area contributed by atoms with Gasteiger partial charge in [-0.25, -0.2) is 9.97 Å². The molecule has 0 radical (unpaired) electrons. The Morgan fingerprint density at radius 2 is 1.97 bits per heavy atom. The fourth-order valence-corrected chi connectivity index (χ4v) is 6.48. The van der Waals surface area contributed by atoms with E-state index in [0.29, 0.717) is 16.6 Å². The monoisotopic (exact) mass is 462 g/mol. The average molecular weight is 463 g/mol. The van der Waals surface area contributed by atoms with Gasteiger partial charge in [0.2, 0.25) is 5.91 Å². The van der Waals surface area contributed by atoms with Crippen LogP contribution in [0.4, 0.5) is 11.4 Å². The fourth-order valence-electron chi connectivity index (χ4n) is 6.29. The van der Waals surface area contributed by atoms with Crippen LogP contribution < -0.4 is 16.0 Å². The number of hydrogen-bond donors (Lipinski definition) is 3. The zero-order valence-corrected chi connectivity index (χ0v) is 18.5. The number of aromatic amines is 1. The zero-order chi connectivity index (χ0) is 22.3. The van der Waals surface area contributed by atoms with Crippen molar-refractivity contribution in [1.29, 1.82) is 0 Å². The molecule has 168 valence electrons. The van der Waals surface area contributed by atoms with Crippen LogP contribution in [-0.4, -0.2) is 52.7 Å². The molecule has 0 spiro atoms. The van der Waals surface area contributed by atoms with Gasteiger partial charge in [0.1, 0.15) is 11.3 Å². The lowest BCUT2D eigenvalue weighted by atomic mass is 9.68. The molecule has 1 saturated heterocycles. The van der Waals surface area contributed by atoms with Crippen LogP contribution in [0.3, 0.4) is 0 Å². The van der Waals surface area contributed by atoms with E-state index < -0.39 is 0 Å². The fraction of sp³-hybridized carbons (Fsp3) is 0.375. The van der Waals surface area contributed by atoms with Crippen LogP contribution >= 0.6 is 11.6 Å². The van der Waals surface area contributed by atoms with Gasteiger partial charge in [0.25, 0.3) is 0 Å². The number of H-pyrrole nitrogens is 1. The van der Waals surface area contributed by atoms with E-state index in [-0.39, 0.29) is 29.2 Å². The highest BCUT2D eigenvalue weighted by Crippen LogP contribution is 2.76. The van der Waals surface area contributed by atoms with Crippen molar-refractivity contribution in [3.05, 3.63) is 47.6 Å². The van der Waals surface area contributed by atoms with Crippen LogP contribution in [0, 0.1) is 23.7 Å². The van der Waals surface area contributed by atoms with Crippen LogP contribution in [0.2, 0.25) is 5.02 Å². The minimum absolute atomic E-state index is 0.0917. The van der Waals surface area contributed by atoms with Crippen molar-refractivity contribution in [2.24, 2.45) is 29.4 Å². The third-order valence-corrected chi connectivity index (χ3v) is 8.18. The number of benzene rings is 1. The molecule has 4 N–H and O–H groups in total. The van der Waals surface area contributed by atoms with Crippen molar-refractivity contribution in [2.45, 2.75) is 5.54 Å². The number of rotatable bonds is 5. The smallest absolute Gasteiger partial charge is 0.221 e. The van der Waals surface area contributed by atoms with Gasteiger partial charge in [0.05, 0.1) is 41.6 Å². The topological polar surface area (TPSA) is 109 Å². The van der Waals surface area contributed by atoms with Gasteiger partial charge in [-0.15, -0.1) is 0 Å². The number of hydrogen-bond acceptors (Lipinski definition) is 6. The Bertz CT molecular complexity index is 1310. The summed E-state index contributed by atoms with van der Waals surface area (Å²) in [5.74, 6) is 1.09. The Hall–Kier alpha value is -3.10. The van der Waals surface area contributed by atoms with Crippen molar-refractivity contribution < 1.29 is 9.53 Å². The highest BCUT2D eigenvalue weighted by molar-refractivity contribution is 6.34. The molecule has 5 atom stereocenters. The van der Waals surface area contributed by atoms with Crippen LogP contribution in [0.25, 0.3) is 22.6 Å². The molecule has 8 nitrogen and oxygen atoms in total. The molecule has 3 aliphatic carbocycles. The van der Waals surface area contributed by atoms with Crippen LogP contribution in [0.1, 0.15) is 0 Å². The summed E-state index contributed by atoms with van der Waals surface area (Å²) in [7, 11) is 0. The highest BCUT2D eigenvalue weighted by atomic mass is 35.5. The Balaban J connectivity index is 1.20. The summed E-state index contributed by atoms with van der Waals surface area (Å²) < 4.78 is 5.45. The summed E-state index contributed by atoms with van der Waals surface area (Å²) in [6.45, 7) is 3.32. The van der Waals surface area contributed by atoms with Gasteiger partial charge in [-0.1, -0.05) is 23.8 Å². The molecule has 9 heteroatoms. The number of nitrogens with one attached hydrogen (secondary N) is 2. The highest BCUT2D eigenvalue weighted by Gasteiger charge is 2.83. The van der Waals surface area contributed by atoms with Crippen molar-refractivity contribution in [3.63, 3.8) is 0 Å². The number of halogens is 1. The number of nitrogens with zero attached hydrogens (tertiary/aromatic N) is 3. The second-order valence-electron chi connectivity index (χ2n) is 9.36. The Morgan fingerprint density at radius 3 is 2.70 bits per heavy atom. The molecule has 2 saturated carbocycles. The third kappa shape index (κ3) is 2.59. The second-order valence-corrected chi connectivity index (χ2v) is 9.77. The molecule has 33 heavy (non-hydrogen) atoms. The maximum atomic E-state index is 11.9. The van der Waals surface area contributed by atoms with E-state index in [2.05, 4.69) is 56.6 Å². The number of nitrogens with two attached hydrogens (primary N) is 1. The summed E-state index contributed by atoms with van der Waals surface area (Å²) in [6, 6.07) is 8.37. The van der Waals surface area contributed by atoms with Crippen LogP contribution in [-0.2, 0) is 9.53 Å². The largest absolute Gasteiger partial charge is 0.378 e. The van der Waals surface area contributed by atoms with Gasteiger partial charge in [0, 0.05) is 42.1 Å². The Labute approximate surface area is 195 Å². The summed E-state index contributed by atoms with van der Waals surface area (Å²) in [6.07, 6.45) is 5.95. The molecule has 1 aliphatic heterocycles. The van der Waals surface area contributed by atoms with E-state index in [9.17, 15) is 4.79 Å². The standard InChI is InChI=1S/C24H23ClN6O2/c25-16-11-27-23-20(19(16)30-24-14-5-6-15(24)18(24)17(14)21(26)32)28-22(29-23)12-1-3-13(4-2-12)31-7-9-33-10-8-31/h1-6,11,14-15,17-18H,7-10H2,(H2,26,32)(H2,27,28,29,30)/t14-,15?,17?,18+,24+/m0/s1. The lowest BCUT2D eigenvalue weighted by Gasteiger charge is -2.41. The van der Waals surface area contributed by atoms with E-state index in [0.717, 1.165) is 48.9 Å². The molecular weight excluding hydrogens is 440 g/mol. The number of primary amides is 1. The van der Waals surface area contributed by atoms with E-state index in [4.69, 9.17) is 27.1 Å². The summed E-state index contributed by atoms with van der Waals surface area (Å²) >= 11 is 6.59. The van der Waals surface area contributed by atoms with E-state index >= 15 is 0 Å². The van der Waals surface area contributed by atoms with Crippen LogP contribution in [0.15, 0.2) is 42.6 Å². The number of fused-ring (bicyclic) bond motifs is 2. The maximum Gasteiger partial charge on any atom is 0.221 e. The minimum Gasteiger partial charge on any atom is -0.378 e. The number of morpholine rings is 1. The molecule has 3 aromatic rings. The number of pyridine rings is 1. The van der Waals surface area contributed by atoms with E-state index in [1.54, 1.807) is 6.20 Å².